The number of nitrogens with two attached hydrogens (primary N) is 1. The Morgan fingerprint density at radius 3 is 2.46 bits per heavy atom. The largest absolute Gasteiger partial charge is 0.472 e. The third-order valence-corrected chi connectivity index (χ3v) is 3.79. The maximum atomic E-state index is 11.8. The van der Waals surface area contributed by atoms with Crippen LogP contribution in [0.25, 0.3) is 0 Å². The van der Waals surface area contributed by atoms with Crippen LogP contribution in [0.3, 0.4) is 0 Å². The molecule has 2 unspecified atom stereocenters. The fraction of sp³-hybridized carbons (Fsp3) is 0.857. The summed E-state index contributed by atoms with van der Waals surface area (Å²) in [6.07, 6.45) is 2.90. The van der Waals surface area contributed by atoms with Crippen molar-refractivity contribution in [2.24, 2.45) is 5.73 Å². The van der Waals surface area contributed by atoms with E-state index in [1.807, 2.05) is 0 Å². The van der Waals surface area contributed by atoms with Crippen LogP contribution in [0.2, 0.25) is 0 Å². The lowest BCUT2D eigenvalue weighted by Gasteiger charge is -2.19. The molecule has 9 nitrogen and oxygen atoms in total. The van der Waals surface area contributed by atoms with Gasteiger partial charge in [0.1, 0.15) is 6.61 Å². The van der Waals surface area contributed by atoms with Gasteiger partial charge in [0.25, 0.3) is 0 Å². The molecule has 0 aromatic carbocycles. The number of phosphoric acid groups is 1. The normalized spacial score (nSPS) is 14.7. The molecule has 0 saturated heterocycles. The molecule has 0 aliphatic rings. The van der Waals surface area contributed by atoms with E-state index in [-0.39, 0.29) is 26.2 Å². The molecule has 0 radical (unpaired) electrons. The molecule has 0 aromatic rings. The molecule has 0 aliphatic carbocycles. The summed E-state index contributed by atoms with van der Waals surface area (Å²) in [6.45, 7) is 2.45. The molecule has 0 rings (SSSR count). The zero-order valence-corrected chi connectivity index (χ0v) is 15.2. The zero-order valence-electron chi connectivity index (χ0n) is 14.3. The van der Waals surface area contributed by atoms with Crippen molar-refractivity contribution in [1.29, 1.82) is 0 Å². The lowest BCUT2D eigenvalue weighted by Crippen LogP contribution is -2.29. The highest BCUT2D eigenvalue weighted by atomic mass is 31.2. The average molecular weight is 369 g/mol. The third-order valence-electron chi connectivity index (χ3n) is 2.80. The van der Waals surface area contributed by atoms with E-state index < -0.39 is 32.5 Å². The third kappa shape index (κ3) is 13.4. The molecule has 0 bridgehead atoms. The van der Waals surface area contributed by atoms with Crippen molar-refractivity contribution in [3.8, 4) is 0 Å². The number of esters is 2. The Morgan fingerprint density at radius 2 is 1.88 bits per heavy atom. The smallest absolute Gasteiger partial charge is 0.462 e. The predicted molar refractivity (Wildman–Crippen MR) is 86.1 cm³/mol. The number of ether oxygens (including phenoxy) is 2. The van der Waals surface area contributed by atoms with E-state index in [1.54, 1.807) is 0 Å². The Labute approximate surface area is 142 Å². The van der Waals surface area contributed by atoms with Crippen LogP contribution in [0.15, 0.2) is 0 Å². The molecule has 0 amide bonds. The van der Waals surface area contributed by atoms with Crippen LogP contribution < -0.4 is 5.73 Å². The van der Waals surface area contributed by atoms with Crippen molar-refractivity contribution in [2.45, 2.75) is 52.1 Å². The number of rotatable bonds is 14. The van der Waals surface area contributed by atoms with E-state index in [4.69, 9.17) is 19.7 Å². The molecule has 3 N–H and O–H groups in total. The molecular weight excluding hydrogens is 341 g/mol. The van der Waals surface area contributed by atoms with Gasteiger partial charge in [-0.2, -0.15) is 0 Å². The SMILES string of the molecule is CCCCCCC(=O)OC(COC(C)=O)COP(=O)(O)OCCN. The molecule has 2 atom stereocenters. The minimum Gasteiger partial charge on any atom is -0.462 e. The minimum absolute atomic E-state index is 0.0531. The second-order valence-corrected chi connectivity index (χ2v) is 6.56. The molecule has 24 heavy (non-hydrogen) atoms. The second-order valence-electron chi connectivity index (χ2n) is 5.11. The highest BCUT2D eigenvalue weighted by Gasteiger charge is 2.25. The van der Waals surface area contributed by atoms with Gasteiger partial charge in [0, 0.05) is 19.9 Å². The van der Waals surface area contributed by atoms with E-state index >= 15 is 0 Å². The number of hydrogen-bond acceptors (Lipinski definition) is 8. The van der Waals surface area contributed by atoms with Crippen molar-refractivity contribution in [1.82, 2.24) is 0 Å². The molecule has 0 spiro atoms. The Morgan fingerprint density at radius 1 is 1.17 bits per heavy atom. The van der Waals surface area contributed by atoms with Gasteiger partial charge in [0.2, 0.25) is 0 Å². The molecule has 10 heteroatoms. The van der Waals surface area contributed by atoms with Crippen LogP contribution in [-0.4, -0.2) is 49.3 Å². The first-order chi connectivity index (χ1) is 11.3. The maximum Gasteiger partial charge on any atom is 0.472 e. The predicted octanol–water partition coefficient (Wildman–Crippen LogP) is 1.52. The minimum atomic E-state index is -4.30. The second kappa shape index (κ2) is 13.3. The first kappa shape index (κ1) is 23.0. The number of carbonyl (C=O) groups is 2. The Bertz CT molecular complexity index is 418. The quantitative estimate of drug-likeness (QED) is 0.265. The first-order valence-electron chi connectivity index (χ1n) is 7.95. The number of carbonyl (C=O) groups excluding carboxylic acids is 2. The lowest BCUT2D eigenvalue weighted by atomic mass is 10.1. The van der Waals surface area contributed by atoms with Crippen LogP contribution in [0, 0.1) is 0 Å². The van der Waals surface area contributed by atoms with Crippen molar-refractivity contribution in [2.75, 3.05) is 26.4 Å². The Balaban J connectivity index is 4.38. The highest BCUT2D eigenvalue weighted by molar-refractivity contribution is 7.47. The molecule has 0 saturated carbocycles. The highest BCUT2D eigenvalue weighted by Crippen LogP contribution is 2.43. The summed E-state index contributed by atoms with van der Waals surface area (Å²) in [6, 6.07) is 0. The number of unbranched alkanes of at least 4 members (excludes halogenated alkanes) is 3. The number of hydrogen-bond donors (Lipinski definition) is 2. The van der Waals surface area contributed by atoms with E-state index in [2.05, 4.69) is 11.4 Å². The molecule has 0 fully saturated rings. The topological polar surface area (TPSA) is 134 Å². The summed E-state index contributed by atoms with van der Waals surface area (Å²) >= 11 is 0. The summed E-state index contributed by atoms with van der Waals surface area (Å²) in [5.74, 6) is -1.05. The molecule has 0 aliphatic heterocycles. The van der Waals surface area contributed by atoms with Gasteiger partial charge in [-0.05, 0) is 6.42 Å². The van der Waals surface area contributed by atoms with Crippen LogP contribution in [0.1, 0.15) is 46.0 Å². The lowest BCUT2D eigenvalue weighted by molar-refractivity contribution is -0.160. The summed E-state index contributed by atoms with van der Waals surface area (Å²) < 4.78 is 30.7. The van der Waals surface area contributed by atoms with Gasteiger partial charge in [-0.1, -0.05) is 26.2 Å². The molecule has 0 aromatic heterocycles. The molecule has 0 heterocycles. The van der Waals surface area contributed by atoms with Gasteiger partial charge in [-0.15, -0.1) is 0 Å². The van der Waals surface area contributed by atoms with Gasteiger partial charge < -0.3 is 20.1 Å². The molecule has 142 valence electrons. The van der Waals surface area contributed by atoms with E-state index in [0.717, 1.165) is 19.3 Å². The van der Waals surface area contributed by atoms with Crippen molar-refractivity contribution >= 4 is 19.8 Å². The number of phosphoric ester groups is 1. The fourth-order valence-electron chi connectivity index (χ4n) is 1.65. The van der Waals surface area contributed by atoms with E-state index in [1.165, 1.54) is 6.92 Å². The van der Waals surface area contributed by atoms with Crippen molar-refractivity contribution < 1.29 is 37.6 Å². The monoisotopic (exact) mass is 369 g/mol. The van der Waals surface area contributed by atoms with Crippen molar-refractivity contribution in [3.63, 3.8) is 0 Å². The van der Waals surface area contributed by atoms with Gasteiger partial charge >= 0.3 is 19.8 Å². The summed E-state index contributed by atoms with van der Waals surface area (Å²) in [5, 5.41) is 0. The standard InChI is InChI=1S/C14H28NO8P/c1-3-4-5-6-7-14(17)23-13(10-20-12(2)16)11-22-24(18,19)21-9-8-15/h13H,3-11,15H2,1-2H3,(H,18,19). The summed E-state index contributed by atoms with van der Waals surface area (Å²) in [4.78, 5) is 32.0. The van der Waals surface area contributed by atoms with E-state index in [0.29, 0.717) is 6.42 Å². The van der Waals surface area contributed by atoms with Crippen LogP contribution in [0.4, 0.5) is 0 Å². The van der Waals surface area contributed by atoms with Crippen LogP contribution in [0.5, 0.6) is 0 Å². The van der Waals surface area contributed by atoms with Gasteiger partial charge in [-0.3, -0.25) is 18.6 Å². The van der Waals surface area contributed by atoms with E-state index in [9.17, 15) is 19.0 Å². The van der Waals surface area contributed by atoms with Gasteiger partial charge in [0.05, 0.1) is 13.2 Å². The first-order valence-corrected chi connectivity index (χ1v) is 9.45. The van der Waals surface area contributed by atoms with Gasteiger partial charge in [-0.25, -0.2) is 4.57 Å². The van der Waals surface area contributed by atoms with Crippen LogP contribution in [-0.2, 0) is 32.7 Å². The zero-order chi connectivity index (χ0) is 18.4. The fourth-order valence-corrected chi connectivity index (χ4v) is 2.42. The van der Waals surface area contributed by atoms with Gasteiger partial charge in [0.15, 0.2) is 6.10 Å². The molecular formula is C14H28NO8P. The van der Waals surface area contributed by atoms with Crippen LogP contribution >= 0.6 is 7.82 Å². The Kier molecular flexibility index (Phi) is 12.8. The maximum absolute atomic E-state index is 11.8. The Hall–Kier alpha value is -0.990. The summed E-state index contributed by atoms with van der Waals surface area (Å²) in [7, 11) is -4.30. The van der Waals surface area contributed by atoms with Crippen molar-refractivity contribution in [3.05, 3.63) is 0 Å². The summed E-state index contributed by atoms with van der Waals surface area (Å²) in [5.41, 5.74) is 5.17. The average Bonchev–Trinajstić information content (AvgIpc) is 2.52.